The number of para-hydroxylation sites is 1. The minimum atomic E-state index is -3.62. The number of amides is 1. The Bertz CT molecular complexity index is 1550. The fourth-order valence-corrected chi connectivity index (χ4v) is 6.13. The van der Waals surface area contributed by atoms with Crippen LogP contribution in [0.2, 0.25) is 0 Å². The molecule has 1 aromatic heterocycles. The van der Waals surface area contributed by atoms with Gasteiger partial charge in [-0.2, -0.15) is 0 Å². The minimum absolute atomic E-state index is 0.0427. The predicted molar refractivity (Wildman–Crippen MR) is 146 cm³/mol. The molecule has 1 heterocycles. The zero-order valence-electron chi connectivity index (χ0n) is 20.4. The lowest BCUT2D eigenvalue weighted by molar-refractivity contribution is -0.133. The molecule has 1 amide bonds. The van der Waals surface area contributed by atoms with Crippen molar-refractivity contribution in [3.8, 4) is 0 Å². The molecule has 5 aromatic rings. The SMILES string of the molecule is O=C(Cn1cc(S(=O)(=O)Cc2ccccc2)c2ccccc21)N(Cc1ccccc1)Cc1ccccc1. The summed E-state index contributed by atoms with van der Waals surface area (Å²) < 4.78 is 28.6. The molecule has 0 aliphatic heterocycles. The van der Waals surface area contributed by atoms with Crippen molar-refractivity contribution in [3.63, 3.8) is 0 Å². The van der Waals surface area contributed by atoms with Crippen LogP contribution in [0.1, 0.15) is 16.7 Å². The van der Waals surface area contributed by atoms with Crippen LogP contribution in [-0.4, -0.2) is 23.8 Å². The van der Waals surface area contributed by atoms with E-state index in [0.717, 1.165) is 22.2 Å². The number of sulfone groups is 1. The van der Waals surface area contributed by atoms with E-state index < -0.39 is 9.84 Å². The Hall–Kier alpha value is -4.16. The highest BCUT2D eigenvalue weighted by molar-refractivity contribution is 7.90. The maximum Gasteiger partial charge on any atom is 0.243 e. The molecule has 6 heteroatoms. The largest absolute Gasteiger partial charge is 0.337 e. The first-order chi connectivity index (χ1) is 18.0. The second-order valence-electron chi connectivity index (χ2n) is 9.10. The number of hydrogen-bond donors (Lipinski definition) is 0. The first-order valence-corrected chi connectivity index (χ1v) is 13.8. The van der Waals surface area contributed by atoms with E-state index in [9.17, 15) is 13.2 Å². The predicted octanol–water partition coefficient (Wildman–Crippen LogP) is 5.84. The van der Waals surface area contributed by atoms with Gasteiger partial charge in [-0.25, -0.2) is 8.42 Å². The monoisotopic (exact) mass is 508 g/mol. The molecule has 0 unspecified atom stereocenters. The summed E-state index contributed by atoms with van der Waals surface area (Å²) in [5.74, 6) is -0.176. The third-order valence-electron chi connectivity index (χ3n) is 6.38. The molecule has 0 radical (unpaired) electrons. The highest BCUT2D eigenvalue weighted by Crippen LogP contribution is 2.28. The van der Waals surface area contributed by atoms with Crippen molar-refractivity contribution in [1.29, 1.82) is 0 Å². The van der Waals surface area contributed by atoms with Gasteiger partial charge in [0.2, 0.25) is 5.91 Å². The summed E-state index contributed by atoms with van der Waals surface area (Å²) in [4.78, 5) is 15.7. The summed E-state index contributed by atoms with van der Waals surface area (Å²) in [6.45, 7) is 0.973. The van der Waals surface area contributed by atoms with Crippen molar-refractivity contribution in [1.82, 2.24) is 9.47 Å². The van der Waals surface area contributed by atoms with E-state index in [4.69, 9.17) is 0 Å². The van der Waals surface area contributed by atoms with Gasteiger partial charge in [0.25, 0.3) is 0 Å². The number of hydrogen-bond acceptors (Lipinski definition) is 3. The van der Waals surface area contributed by atoms with Gasteiger partial charge in [0.1, 0.15) is 6.54 Å². The molecule has 0 aliphatic rings. The Morgan fingerprint density at radius 3 is 1.70 bits per heavy atom. The van der Waals surface area contributed by atoms with Gasteiger partial charge in [-0.1, -0.05) is 109 Å². The van der Waals surface area contributed by atoms with E-state index >= 15 is 0 Å². The van der Waals surface area contributed by atoms with Crippen LogP contribution < -0.4 is 0 Å². The number of nitrogens with zero attached hydrogens (tertiary/aromatic N) is 2. The van der Waals surface area contributed by atoms with Crippen LogP contribution in [0.4, 0.5) is 0 Å². The summed E-state index contributed by atoms with van der Waals surface area (Å²) in [5.41, 5.74) is 3.53. The molecule has 0 aliphatic carbocycles. The molecular weight excluding hydrogens is 480 g/mol. The van der Waals surface area contributed by atoms with E-state index in [2.05, 4.69) is 0 Å². The van der Waals surface area contributed by atoms with Crippen molar-refractivity contribution in [2.24, 2.45) is 0 Å². The first-order valence-electron chi connectivity index (χ1n) is 12.2. The van der Waals surface area contributed by atoms with E-state index in [1.165, 1.54) is 0 Å². The van der Waals surface area contributed by atoms with E-state index in [1.807, 2.05) is 114 Å². The lowest BCUT2D eigenvalue weighted by Gasteiger charge is -2.23. The molecule has 0 saturated heterocycles. The zero-order chi connectivity index (χ0) is 25.7. The molecule has 0 saturated carbocycles. The molecule has 186 valence electrons. The second-order valence-corrected chi connectivity index (χ2v) is 11.1. The van der Waals surface area contributed by atoms with Crippen LogP contribution in [0.25, 0.3) is 10.9 Å². The molecule has 5 nitrogen and oxygen atoms in total. The summed E-state index contributed by atoms with van der Waals surface area (Å²) in [6, 6.07) is 36.3. The number of benzene rings is 4. The first kappa shape index (κ1) is 24.5. The van der Waals surface area contributed by atoms with Gasteiger partial charge in [0.15, 0.2) is 9.84 Å². The zero-order valence-corrected chi connectivity index (χ0v) is 21.2. The van der Waals surface area contributed by atoms with Gasteiger partial charge in [-0.05, 0) is 22.8 Å². The summed E-state index contributed by atoms with van der Waals surface area (Å²) in [5, 5.41) is 0.629. The summed E-state index contributed by atoms with van der Waals surface area (Å²) in [7, 11) is -3.62. The molecule has 37 heavy (non-hydrogen) atoms. The molecule has 4 aromatic carbocycles. The van der Waals surface area contributed by atoms with E-state index in [1.54, 1.807) is 16.8 Å². The number of carbonyl (C=O) groups excluding carboxylic acids is 1. The molecule has 0 spiro atoms. The highest BCUT2D eigenvalue weighted by atomic mass is 32.2. The van der Waals surface area contributed by atoms with Crippen LogP contribution in [-0.2, 0) is 40.0 Å². The van der Waals surface area contributed by atoms with Crippen LogP contribution >= 0.6 is 0 Å². The molecular formula is C31H28N2O3S. The van der Waals surface area contributed by atoms with Crippen molar-refractivity contribution < 1.29 is 13.2 Å². The smallest absolute Gasteiger partial charge is 0.243 e. The Balaban J connectivity index is 1.46. The molecule has 0 fully saturated rings. The van der Waals surface area contributed by atoms with Crippen molar-refractivity contribution in [3.05, 3.63) is 138 Å². The minimum Gasteiger partial charge on any atom is -0.337 e. The topological polar surface area (TPSA) is 59.4 Å². The summed E-state index contributed by atoms with van der Waals surface area (Å²) >= 11 is 0. The molecule has 5 rings (SSSR count). The Morgan fingerprint density at radius 2 is 1.14 bits per heavy atom. The fraction of sp³-hybridized carbons (Fsp3) is 0.129. The van der Waals surface area contributed by atoms with Gasteiger partial charge in [0, 0.05) is 30.2 Å². The van der Waals surface area contributed by atoms with E-state index in [-0.39, 0.29) is 23.1 Å². The number of fused-ring (bicyclic) bond motifs is 1. The average Bonchev–Trinajstić information content (AvgIpc) is 3.29. The third-order valence-corrected chi connectivity index (χ3v) is 8.09. The normalized spacial score (nSPS) is 11.5. The van der Waals surface area contributed by atoms with Crippen LogP contribution in [0.15, 0.2) is 126 Å². The lowest BCUT2D eigenvalue weighted by Crippen LogP contribution is -2.32. The van der Waals surface area contributed by atoms with Gasteiger partial charge in [-0.15, -0.1) is 0 Å². The Morgan fingerprint density at radius 1 is 0.649 bits per heavy atom. The maximum atomic E-state index is 13.7. The number of rotatable bonds is 9. The molecule has 0 atom stereocenters. The highest BCUT2D eigenvalue weighted by Gasteiger charge is 2.23. The Kier molecular flexibility index (Phi) is 7.19. The standard InChI is InChI=1S/C31H28N2O3S/c34-31(33(20-25-12-4-1-5-13-25)21-26-14-6-2-7-15-26)23-32-22-30(28-18-10-11-19-29(28)32)37(35,36)24-27-16-8-3-9-17-27/h1-19,22H,20-21,23-24H2. The lowest BCUT2D eigenvalue weighted by atomic mass is 10.1. The molecule has 0 bridgehead atoms. The fourth-order valence-electron chi connectivity index (χ4n) is 4.55. The Labute approximate surface area is 217 Å². The van der Waals surface area contributed by atoms with Crippen molar-refractivity contribution in [2.75, 3.05) is 0 Å². The number of carbonyl (C=O) groups is 1. The van der Waals surface area contributed by atoms with E-state index in [0.29, 0.717) is 18.5 Å². The second kappa shape index (κ2) is 10.8. The maximum absolute atomic E-state index is 13.7. The van der Waals surface area contributed by atoms with Gasteiger partial charge in [0.05, 0.1) is 10.6 Å². The van der Waals surface area contributed by atoms with Crippen LogP contribution in [0.5, 0.6) is 0 Å². The average molecular weight is 509 g/mol. The quantitative estimate of drug-likeness (QED) is 0.251. The third kappa shape index (κ3) is 5.81. The molecule has 0 N–H and O–H groups in total. The van der Waals surface area contributed by atoms with Gasteiger partial charge in [-0.3, -0.25) is 4.79 Å². The summed E-state index contributed by atoms with van der Waals surface area (Å²) in [6.07, 6.45) is 1.62. The number of aromatic nitrogens is 1. The van der Waals surface area contributed by atoms with Gasteiger partial charge >= 0.3 is 0 Å². The van der Waals surface area contributed by atoms with Crippen LogP contribution in [0, 0.1) is 0 Å². The van der Waals surface area contributed by atoms with Gasteiger partial charge < -0.3 is 9.47 Å². The van der Waals surface area contributed by atoms with Crippen LogP contribution in [0.3, 0.4) is 0 Å². The van der Waals surface area contributed by atoms with Crippen molar-refractivity contribution >= 4 is 26.6 Å². The van der Waals surface area contributed by atoms with Crippen molar-refractivity contribution in [2.45, 2.75) is 30.3 Å².